The van der Waals surface area contributed by atoms with Crippen LogP contribution >= 0.6 is 11.6 Å². The van der Waals surface area contributed by atoms with Crippen LogP contribution in [0.15, 0.2) is 42.5 Å². The Kier molecular flexibility index (Phi) is 4.58. The first-order valence-electron chi connectivity index (χ1n) is 8.11. The molecule has 0 atom stereocenters. The molecule has 5 heteroatoms. The van der Waals surface area contributed by atoms with Gasteiger partial charge in [-0.15, -0.1) is 0 Å². The third-order valence-corrected chi connectivity index (χ3v) is 4.59. The van der Waals surface area contributed by atoms with Gasteiger partial charge < -0.3 is 9.13 Å². The fourth-order valence-corrected chi connectivity index (χ4v) is 3.22. The summed E-state index contributed by atoms with van der Waals surface area (Å²) in [7, 11) is 0. The van der Waals surface area contributed by atoms with Crippen LogP contribution in [0.4, 0.5) is 0 Å². The zero-order chi connectivity index (χ0) is 17.3. The molecule has 1 N–H and O–H groups in total. The van der Waals surface area contributed by atoms with Crippen LogP contribution in [-0.2, 0) is 19.5 Å². The summed E-state index contributed by atoms with van der Waals surface area (Å²) in [5.74, 6) is -0.0257. The monoisotopic (exact) mass is 341 g/mol. The van der Waals surface area contributed by atoms with E-state index in [1.54, 1.807) is 28.8 Å². The third-order valence-electron chi connectivity index (χ3n) is 4.34. The zero-order valence-corrected chi connectivity index (χ0v) is 14.6. The summed E-state index contributed by atoms with van der Waals surface area (Å²) in [4.78, 5) is 12.6. The van der Waals surface area contributed by atoms with E-state index < -0.39 is 0 Å². The second-order valence-electron chi connectivity index (χ2n) is 5.72. The Morgan fingerprint density at radius 1 is 1.08 bits per heavy atom. The van der Waals surface area contributed by atoms with E-state index in [2.05, 4.69) is 13.0 Å². The van der Waals surface area contributed by atoms with Crippen molar-refractivity contribution >= 4 is 28.4 Å². The molecule has 24 heavy (non-hydrogen) atoms. The van der Waals surface area contributed by atoms with Crippen molar-refractivity contribution in [3.05, 3.63) is 64.2 Å². The number of hydrogen-bond acceptors (Lipinski definition) is 2. The molecule has 0 bridgehead atoms. The Labute approximate surface area is 145 Å². The van der Waals surface area contributed by atoms with E-state index in [-0.39, 0.29) is 12.3 Å². The van der Waals surface area contributed by atoms with Gasteiger partial charge in [0.15, 0.2) is 5.78 Å². The summed E-state index contributed by atoms with van der Waals surface area (Å²) in [5, 5.41) is 9.10. The van der Waals surface area contributed by atoms with Crippen molar-refractivity contribution in [3.8, 4) is 0 Å². The average Bonchev–Trinajstić information content (AvgIpc) is 2.87. The van der Waals surface area contributed by atoms with Crippen LogP contribution in [-0.4, -0.2) is 14.9 Å². The molecule has 0 unspecified atom stereocenters. The van der Waals surface area contributed by atoms with Gasteiger partial charge in [0.1, 0.15) is 0 Å². The predicted molar refractivity (Wildman–Crippen MR) is 96.6 cm³/mol. The number of para-hydroxylation sites is 1. The third kappa shape index (κ3) is 2.78. The van der Waals surface area contributed by atoms with Crippen LogP contribution in [0.25, 0.3) is 11.0 Å². The number of aryl methyl sites for hydroxylation is 2. The van der Waals surface area contributed by atoms with Gasteiger partial charge in [0, 0.05) is 17.1 Å². The number of imidazole rings is 1. The minimum Gasteiger partial charge on any atom is -0.310 e. The van der Waals surface area contributed by atoms with E-state index in [4.69, 9.17) is 17.0 Å². The number of rotatable bonds is 5. The number of aromatic nitrogens is 2. The van der Waals surface area contributed by atoms with Crippen LogP contribution in [0.5, 0.6) is 0 Å². The van der Waals surface area contributed by atoms with Crippen molar-refractivity contribution in [2.45, 2.75) is 33.4 Å². The largest absolute Gasteiger partial charge is 0.310 e. The summed E-state index contributed by atoms with van der Waals surface area (Å²) in [6.45, 7) is 4.98. The summed E-state index contributed by atoms with van der Waals surface area (Å²) >= 11 is 5.89. The van der Waals surface area contributed by atoms with Crippen molar-refractivity contribution in [1.29, 1.82) is 5.41 Å². The molecule has 0 saturated heterocycles. The highest BCUT2D eigenvalue weighted by atomic mass is 35.5. The maximum Gasteiger partial charge on any atom is 0.203 e. The minimum absolute atomic E-state index is 0.0257. The lowest BCUT2D eigenvalue weighted by Crippen LogP contribution is -2.27. The zero-order valence-electron chi connectivity index (χ0n) is 13.8. The standard InChI is InChI=1S/C19H20ClN3O/c1-3-13-6-5-7-16-18(13)22(4-2)19(21)23(16)12-17(24)14-8-10-15(20)11-9-14/h5-11,21H,3-4,12H2,1-2H3. The van der Waals surface area contributed by atoms with Crippen molar-refractivity contribution in [1.82, 2.24) is 9.13 Å². The van der Waals surface area contributed by atoms with Crippen molar-refractivity contribution in [3.63, 3.8) is 0 Å². The lowest BCUT2D eigenvalue weighted by molar-refractivity contribution is 0.0971. The first-order chi connectivity index (χ1) is 11.6. The molecule has 2 aromatic carbocycles. The molecule has 0 radical (unpaired) electrons. The van der Waals surface area contributed by atoms with Crippen molar-refractivity contribution in [2.75, 3.05) is 0 Å². The average molecular weight is 342 g/mol. The van der Waals surface area contributed by atoms with Crippen LogP contribution in [0.3, 0.4) is 0 Å². The number of carbonyl (C=O) groups is 1. The number of halogens is 1. The van der Waals surface area contributed by atoms with Gasteiger partial charge in [0.25, 0.3) is 0 Å². The molecule has 0 fully saturated rings. The molecule has 3 rings (SSSR count). The van der Waals surface area contributed by atoms with Gasteiger partial charge >= 0.3 is 0 Å². The van der Waals surface area contributed by atoms with E-state index in [0.29, 0.717) is 22.7 Å². The lowest BCUT2D eigenvalue weighted by atomic mass is 10.1. The van der Waals surface area contributed by atoms with Gasteiger partial charge in [-0.25, -0.2) is 0 Å². The number of benzene rings is 2. The Morgan fingerprint density at radius 3 is 2.42 bits per heavy atom. The first-order valence-corrected chi connectivity index (χ1v) is 8.48. The summed E-state index contributed by atoms with van der Waals surface area (Å²) in [6.07, 6.45) is 0.895. The SMILES string of the molecule is CCc1cccc2c1n(CC)c(=N)n2CC(=O)c1ccc(Cl)cc1. The Bertz CT molecular complexity index is 951. The molecule has 4 nitrogen and oxygen atoms in total. The highest BCUT2D eigenvalue weighted by Crippen LogP contribution is 2.19. The second-order valence-corrected chi connectivity index (χ2v) is 6.16. The quantitative estimate of drug-likeness (QED) is 0.699. The van der Waals surface area contributed by atoms with Crippen LogP contribution in [0, 0.1) is 5.41 Å². The highest BCUT2D eigenvalue weighted by molar-refractivity contribution is 6.30. The molecule has 1 heterocycles. The minimum atomic E-state index is -0.0257. The van der Waals surface area contributed by atoms with E-state index in [1.807, 2.05) is 23.6 Å². The summed E-state index contributed by atoms with van der Waals surface area (Å²) in [6, 6.07) is 12.9. The van der Waals surface area contributed by atoms with E-state index >= 15 is 0 Å². The maximum atomic E-state index is 12.6. The molecule has 0 amide bonds. The van der Waals surface area contributed by atoms with E-state index in [0.717, 1.165) is 17.5 Å². The van der Waals surface area contributed by atoms with Crippen LogP contribution in [0.2, 0.25) is 5.02 Å². The number of ketones is 1. The molecule has 124 valence electrons. The molecule has 1 aromatic heterocycles. The van der Waals surface area contributed by atoms with Crippen molar-refractivity contribution < 1.29 is 4.79 Å². The fraction of sp³-hybridized carbons (Fsp3) is 0.263. The van der Waals surface area contributed by atoms with Gasteiger partial charge in [0.05, 0.1) is 17.6 Å². The molecular formula is C19H20ClN3O. The smallest absolute Gasteiger partial charge is 0.203 e. The van der Waals surface area contributed by atoms with Gasteiger partial charge in [-0.1, -0.05) is 30.7 Å². The predicted octanol–water partition coefficient (Wildman–Crippen LogP) is 4.04. The lowest BCUT2D eigenvalue weighted by Gasteiger charge is -2.05. The molecule has 0 spiro atoms. The molecule has 0 aliphatic rings. The van der Waals surface area contributed by atoms with Gasteiger partial charge in [0.2, 0.25) is 5.62 Å². The number of nitrogens with one attached hydrogen (secondary N) is 1. The maximum absolute atomic E-state index is 12.6. The molecule has 3 aromatic rings. The number of nitrogens with zero attached hydrogens (tertiary/aromatic N) is 2. The van der Waals surface area contributed by atoms with E-state index in [1.165, 1.54) is 5.56 Å². The first kappa shape index (κ1) is 16.5. The molecule has 0 saturated carbocycles. The van der Waals surface area contributed by atoms with Crippen molar-refractivity contribution in [2.24, 2.45) is 0 Å². The summed E-state index contributed by atoms with van der Waals surface area (Å²) in [5.41, 5.74) is 4.14. The van der Waals surface area contributed by atoms with E-state index in [9.17, 15) is 4.79 Å². The van der Waals surface area contributed by atoms with Crippen LogP contribution in [0.1, 0.15) is 29.8 Å². The highest BCUT2D eigenvalue weighted by Gasteiger charge is 2.15. The fourth-order valence-electron chi connectivity index (χ4n) is 3.10. The Balaban J connectivity index is 2.10. The topological polar surface area (TPSA) is 50.8 Å². The molecule has 0 aliphatic heterocycles. The number of hydrogen-bond donors (Lipinski definition) is 1. The van der Waals surface area contributed by atoms with Crippen LogP contribution < -0.4 is 5.62 Å². The number of fused-ring (bicyclic) bond motifs is 1. The normalized spacial score (nSPS) is 11.1. The summed E-state index contributed by atoms with van der Waals surface area (Å²) < 4.78 is 3.75. The molecular weight excluding hydrogens is 322 g/mol. The van der Waals surface area contributed by atoms with Gasteiger partial charge in [-0.05, 0) is 49.2 Å². The second kappa shape index (κ2) is 6.65. The Morgan fingerprint density at radius 2 is 1.79 bits per heavy atom. The van der Waals surface area contributed by atoms with Gasteiger partial charge in [-0.3, -0.25) is 10.2 Å². The number of carbonyl (C=O) groups excluding carboxylic acids is 1. The Hall–Kier alpha value is -2.33. The molecule has 0 aliphatic carbocycles. The van der Waals surface area contributed by atoms with Gasteiger partial charge in [-0.2, -0.15) is 0 Å². The number of Topliss-reactive ketones (excluding diaryl/α,β-unsaturated/α-hetero) is 1.